The van der Waals surface area contributed by atoms with E-state index in [9.17, 15) is 34.2 Å². The van der Waals surface area contributed by atoms with Crippen LogP contribution in [0.4, 0.5) is 0 Å². The number of phenolic OH excluding ortho intramolecular Hbond substituents is 1. The summed E-state index contributed by atoms with van der Waals surface area (Å²) in [6, 6.07) is 2.96. The molecule has 0 heterocycles. The number of benzene rings is 1. The minimum absolute atomic E-state index is 0.0317. The molecule has 2 fully saturated rings. The van der Waals surface area contributed by atoms with Gasteiger partial charge in [0.15, 0.2) is 34.7 Å². The zero-order valence-corrected chi connectivity index (χ0v) is 17.5. The fourth-order valence-corrected chi connectivity index (χ4v) is 5.37. The maximum Gasteiger partial charge on any atom is 0.235 e. The van der Waals surface area contributed by atoms with Gasteiger partial charge in [0.05, 0.1) is 11.5 Å². The molecule has 5 atom stereocenters. The lowest BCUT2D eigenvalue weighted by atomic mass is 9.53. The average Bonchev–Trinajstić information content (AvgIpc) is 2.72. The minimum Gasteiger partial charge on any atom is -0.507 e. The van der Waals surface area contributed by atoms with Gasteiger partial charge in [-0.15, -0.1) is 0 Å². The molecule has 1 amide bonds. The molecule has 0 spiro atoms. The Balaban J connectivity index is 1.79. The van der Waals surface area contributed by atoms with E-state index in [0.29, 0.717) is 17.5 Å². The summed E-state index contributed by atoms with van der Waals surface area (Å²) >= 11 is 0. The first kappa shape index (κ1) is 21.9. The van der Waals surface area contributed by atoms with Crippen LogP contribution in [0.25, 0.3) is 0 Å². The molecule has 32 heavy (non-hydrogen) atoms. The Morgan fingerprint density at radius 2 is 1.91 bits per heavy atom. The molecular formula is C24H23NO7. The first-order chi connectivity index (χ1) is 15.1. The van der Waals surface area contributed by atoms with E-state index in [2.05, 4.69) is 11.8 Å². The van der Waals surface area contributed by atoms with E-state index < -0.39 is 58.3 Å². The van der Waals surface area contributed by atoms with Crippen LogP contribution in [-0.2, 0) is 25.6 Å². The molecule has 166 valence electrons. The highest BCUT2D eigenvalue weighted by molar-refractivity contribution is 6.31. The van der Waals surface area contributed by atoms with Gasteiger partial charge in [0.1, 0.15) is 5.75 Å². The summed E-state index contributed by atoms with van der Waals surface area (Å²) in [5, 5.41) is 21.5. The van der Waals surface area contributed by atoms with Crippen molar-refractivity contribution >= 4 is 29.0 Å². The van der Waals surface area contributed by atoms with Crippen LogP contribution in [0.3, 0.4) is 0 Å². The second kappa shape index (κ2) is 7.68. The average molecular weight is 437 g/mol. The highest BCUT2D eigenvalue weighted by Gasteiger charge is 2.66. The van der Waals surface area contributed by atoms with Crippen LogP contribution < -0.4 is 5.73 Å². The maximum absolute atomic E-state index is 13.4. The summed E-state index contributed by atoms with van der Waals surface area (Å²) < 4.78 is 0. The number of aromatic hydroxyl groups is 1. The molecule has 1 aromatic rings. The van der Waals surface area contributed by atoms with Crippen LogP contribution in [0.1, 0.15) is 54.1 Å². The van der Waals surface area contributed by atoms with Crippen molar-refractivity contribution in [3.63, 3.8) is 0 Å². The normalized spacial score (nSPS) is 31.2. The van der Waals surface area contributed by atoms with E-state index in [1.807, 2.05) is 6.92 Å². The lowest BCUT2D eigenvalue weighted by Gasteiger charge is -2.48. The second-order valence-electron chi connectivity index (χ2n) is 8.78. The van der Waals surface area contributed by atoms with Gasteiger partial charge in [-0.25, -0.2) is 0 Å². The number of aliphatic hydroxyl groups is 1. The van der Waals surface area contributed by atoms with E-state index >= 15 is 0 Å². The van der Waals surface area contributed by atoms with Crippen LogP contribution >= 0.6 is 0 Å². The van der Waals surface area contributed by atoms with Crippen molar-refractivity contribution < 1.29 is 34.2 Å². The van der Waals surface area contributed by atoms with Crippen molar-refractivity contribution in [2.75, 3.05) is 0 Å². The van der Waals surface area contributed by atoms with E-state index in [4.69, 9.17) is 5.73 Å². The third-order valence-corrected chi connectivity index (χ3v) is 6.88. The smallest absolute Gasteiger partial charge is 0.235 e. The number of primary amides is 1. The number of amides is 1. The molecular weight excluding hydrogens is 414 g/mol. The number of carbonyl (C=O) groups excluding carboxylic acids is 5. The molecule has 2 unspecified atom stereocenters. The van der Waals surface area contributed by atoms with Crippen LogP contribution in [-0.4, -0.2) is 44.9 Å². The second-order valence-corrected chi connectivity index (χ2v) is 8.78. The molecule has 0 radical (unpaired) electrons. The number of nitrogens with two attached hydrogens (primary N) is 1. The molecule has 2 saturated carbocycles. The van der Waals surface area contributed by atoms with Crippen LogP contribution in [0.5, 0.6) is 5.75 Å². The summed E-state index contributed by atoms with van der Waals surface area (Å²) in [5.41, 5.74) is 3.62. The van der Waals surface area contributed by atoms with Gasteiger partial charge in [-0.2, -0.15) is 0 Å². The van der Waals surface area contributed by atoms with Gasteiger partial charge in [0.2, 0.25) is 5.91 Å². The third kappa shape index (κ3) is 3.00. The van der Waals surface area contributed by atoms with Crippen molar-refractivity contribution in [1.82, 2.24) is 0 Å². The van der Waals surface area contributed by atoms with E-state index in [1.54, 1.807) is 6.07 Å². The maximum atomic E-state index is 13.4. The molecule has 0 saturated heterocycles. The van der Waals surface area contributed by atoms with Gasteiger partial charge in [-0.3, -0.25) is 24.0 Å². The Morgan fingerprint density at radius 3 is 2.56 bits per heavy atom. The molecule has 3 aliphatic rings. The first-order valence-corrected chi connectivity index (χ1v) is 10.6. The molecule has 4 rings (SSSR count). The zero-order valence-electron chi connectivity index (χ0n) is 17.5. The number of phenols is 1. The molecule has 1 aromatic carbocycles. The minimum atomic E-state index is -2.63. The predicted molar refractivity (Wildman–Crippen MR) is 110 cm³/mol. The van der Waals surface area contributed by atoms with Gasteiger partial charge in [-0.05, 0) is 42.9 Å². The standard InChI is InChI=1S/C24H23NO7/c1-2-3-4-5-11-6-7-15(26)18-14(11)9-12-8-13-10-16(27)19(23(25)31)22(30)24(13,32)21(29)17(12)20(18)28/h6-7,12-13,17,19,26,32H,2-3,8-10H2,1H3,(H2,25,31)/t12-,13+,17?,19?,24+/m1/s1. The summed E-state index contributed by atoms with van der Waals surface area (Å²) in [6.45, 7) is 1.99. The molecule has 0 aliphatic heterocycles. The van der Waals surface area contributed by atoms with E-state index in [-0.39, 0.29) is 30.6 Å². The first-order valence-electron chi connectivity index (χ1n) is 10.6. The van der Waals surface area contributed by atoms with Crippen LogP contribution in [0.2, 0.25) is 0 Å². The lowest BCUT2D eigenvalue weighted by molar-refractivity contribution is -0.175. The van der Waals surface area contributed by atoms with E-state index in [0.717, 1.165) is 6.42 Å². The SMILES string of the molecule is CCCC#Cc1ccc(O)c2c1C[C@H]1C[C@H]3CC(=O)C(C(N)=O)C(=O)[C@@]3(O)C(=O)C1C2=O. The van der Waals surface area contributed by atoms with Crippen molar-refractivity contribution in [3.8, 4) is 17.6 Å². The lowest BCUT2D eigenvalue weighted by Crippen LogP contribution is -2.68. The quantitative estimate of drug-likeness (QED) is 0.449. The molecule has 3 aliphatic carbocycles. The number of fused-ring (bicyclic) bond motifs is 3. The largest absolute Gasteiger partial charge is 0.507 e. The van der Waals surface area contributed by atoms with Crippen molar-refractivity contribution in [2.24, 2.45) is 29.4 Å². The number of rotatable bonds is 2. The number of carbonyl (C=O) groups is 5. The number of hydrogen-bond donors (Lipinski definition) is 3. The van der Waals surface area contributed by atoms with E-state index in [1.165, 1.54) is 6.07 Å². The molecule has 0 aromatic heterocycles. The predicted octanol–water partition coefficient (Wildman–Crippen LogP) is 0.478. The fourth-order valence-electron chi connectivity index (χ4n) is 5.37. The van der Waals surface area contributed by atoms with Crippen LogP contribution in [0, 0.1) is 35.5 Å². The Morgan fingerprint density at radius 1 is 1.19 bits per heavy atom. The van der Waals surface area contributed by atoms with Gasteiger partial charge in [-0.1, -0.05) is 18.8 Å². The molecule has 4 N–H and O–H groups in total. The summed E-state index contributed by atoms with van der Waals surface area (Å²) in [6.07, 6.45) is 1.47. The molecule has 0 bridgehead atoms. The summed E-state index contributed by atoms with van der Waals surface area (Å²) in [5.74, 6) is -4.06. The Labute approximate surface area is 184 Å². The Kier molecular flexibility index (Phi) is 5.25. The Hall–Kier alpha value is -3.31. The zero-order chi connectivity index (χ0) is 23.4. The van der Waals surface area contributed by atoms with Gasteiger partial charge in [0, 0.05) is 24.3 Å². The van der Waals surface area contributed by atoms with Crippen LogP contribution in [0.15, 0.2) is 12.1 Å². The topological polar surface area (TPSA) is 152 Å². The molecule has 8 heteroatoms. The number of hydrogen-bond acceptors (Lipinski definition) is 7. The molecule has 8 nitrogen and oxygen atoms in total. The van der Waals surface area contributed by atoms with Crippen molar-refractivity contribution in [1.29, 1.82) is 0 Å². The summed E-state index contributed by atoms with van der Waals surface area (Å²) in [4.78, 5) is 63.6. The van der Waals surface area contributed by atoms with Gasteiger partial charge < -0.3 is 15.9 Å². The third-order valence-electron chi connectivity index (χ3n) is 6.88. The summed E-state index contributed by atoms with van der Waals surface area (Å²) in [7, 11) is 0. The highest BCUT2D eigenvalue weighted by atomic mass is 16.3. The Bertz CT molecular complexity index is 1140. The van der Waals surface area contributed by atoms with Gasteiger partial charge >= 0.3 is 0 Å². The van der Waals surface area contributed by atoms with Crippen molar-refractivity contribution in [2.45, 2.75) is 44.6 Å². The monoisotopic (exact) mass is 437 g/mol. The highest BCUT2D eigenvalue weighted by Crippen LogP contribution is 2.50. The number of ketones is 4. The number of unbranched alkanes of at least 4 members (excludes halogenated alkanes) is 1. The fraction of sp³-hybridized carbons (Fsp3) is 0.458. The van der Waals surface area contributed by atoms with Crippen molar-refractivity contribution in [3.05, 3.63) is 28.8 Å². The van der Waals surface area contributed by atoms with Gasteiger partial charge in [0.25, 0.3) is 0 Å². The number of Topliss-reactive ketones (excluding diaryl/α,β-unsaturated/α-hetero) is 4.